The molecule has 24 heavy (non-hydrogen) atoms. The van der Waals surface area contributed by atoms with Gasteiger partial charge in [-0.25, -0.2) is 9.97 Å². The number of thiophene rings is 1. The Morgan fingerprint density at radius 1 is 1.46 bits per heavy atom. The third-order valence-electron chi connectivity index (χ3n) is 3.88. The summed E-state index contributed by atoms with van der Waals surface area (Å²) >= 11 is 2.81. The lowest BCUT2D eigenvalue weighted by Gasteiger charge is -2.18. The minimum atomic E-state index is -4.40. The number of nitrogens with one attached hydrogen (secondary N) is 1. The minimum absolute atomic E-state index is 0.0940. The molecule has 0 aliphatic heterocycles. The average molecular weight is 375 g/mol. The quantitative estimate of drug-likeness (QED) is 0.656. The molecule has 0 fully saturated rings. The summed E-state index contributed by atoms with van der Waals surface area (Å²) in [5.74, 6) is -0.104. The van der Waals surface area contributed by atoms with Gasteiger partial charge in [0.25, 0.3) is 0 Å². The molecule has 1 amide bonds. The van der Waals surface area contributed by atoms with Gasteiger partial charge < -0.3 is 5.32 Å². The Labute approximate surface area is 145 Å². The molecule has 1 aliphatic carbocycles. The molecular formula is C15H16F3N3OS2. The Morgan fingerprint density at radius 2 is 2.25 bits per heavy atom. The molecule has 0 spiro atoms. The largest absolute Gasteiger partial charge is 0.405 e. The van der Waals surface area contributed by atoms with E-state index in [4.69, 9.17) is 0 Å². The fourth-order valence-corrected chi connectivity index (χ4v) is 5.01. The van der Waals surface area contributed by atoms with Crippen molar-refractivity contribution in [3.8, 4) is 0 Å². The average Bonchev–Trinajstić information content (AvgIpc) is 2.88. The van der Waals surface area contributed by atoms with Gasteiger partial charge in [0.05, 0.1) is 5.75 Å². The molecule has 1 atom stereocenters. The first-order valence-electron chi connectivity index (χ1n) is 7.55. The summed E-state index contributed by atoms with van der Waals surface area (Å²) in [4.78, 5) is 22.4. The summed E-state index contributed by atoms with van der Waals surface area (Å²) in [5.41, 5.74) is 1.24. The van der Waals surface area contributed by atoms with Crippen LogP contribution < -0.4 is 5.32 Å². The third kappa shape index (κ3) is 4.00. The second-order valence-electron chi connectivity index (χ2n) is 5.89. The molecule has 1 aliphatic rings. The minimum Gasteiger partial charge on any atom is -0.346 e. The highest BCUT2D eigenvalue weighted by molar-refractivity contribution is 8.00. The topological polar surface area (TPSA) is 54.9 Å². The number of nitrogens with zero attached hydrogens (tertiary/aromatic N) is 2. The first kappa shape index (κ1) is 17.5. The van der Waals surface area contributed by atoms with Crippen LogP contribution in [0, 0.1) is 5.92 Å². The van der Waals surface area contributed by atoms with Crippen LogP contribution in [0.3, 0.4) is 0 Å². The van der Waals surface area contributed by atoms with Gasteiger partial charge in [0.2, 0.25) is 5.91 Å². The number of halogens is 3. The summed E-state index contributed by atoms with van der Waals surface area (Å²) in [6, 6.07) is 0. The van der Waals surface area contributed by atoms with Gasteiger partial charge in [-0.1, -0.05) is 18.7 Å². The van der Waals surface area contributed by atoms with E-state index < -0.39 is 18.6 Å². The Hall–Kier alpha value is -1.35. The number of fused-ring (bicyclic) bond motifs is 3. The van der Waals surface area contributed by atoms with E-state index in [0.717, 1.165) is 41.2 Å². The second kappa shape index (κ2) is 6.87. The zero-order valence-corrected chi connectivity index (χ0v) is 14.6. The molecule has 1 N–H and O–H groups in total. The summed E-state index contributed by atoms with van der Waals surface area (Å²) in [7, 11) is 0. The lowest BCUT2D eigenvalue weighted by Crippen LogP contribution is -2.34. The van der Waals surface area contributed by atoms with Crippen LogP contribution >= 0.6 is 23.1 Å². The first-order valence-corrected chi connectivity index (χ1v) is 9.35. The van der Waals surface area contributed by atoms with Crippen LogP contribution in [-0.4, -0.2) is 34.3 Å². The fourth-order valence-electron chi connectivity index (χ4n) is 2.74. The number of rotatable bonds is 4. The maximum atomic E-state index is 12.1. The monoisotopic (exact) mass is 375 g/mol. The molecule has 0 bridgehead atoms. The van der Waals surface area contributed by atoms with Gasteiger partial charge in [0.1, 0.15) is 22.7 Å². The Bertz CT molecular complexity index is 760. The van der Waals surface area contributed by atoms with Gasteiger partial charge in [0, 0.05) is 10.3 Å². The predicted octanol–water partition coefficient (Wildman–Crippen LogP) is 3.59. The highest BCUT2D eigenvalue weighted by Gasteiger charge is 2.28. The second-order valence-corrected chi connectivity index (χ2v) is 7.94. The standard InChI is InChI=1S/C15H16F3N3OS2/c1-8-2-3-9-10(4-8)24-14-12(9)13(20-7-21-14)23-5-11(22)19-6-15(16,17)18/h7-8H,2-6H2,1H3,(H,19,22)/t8-/m0/s1. The molecule has 130 valence electrons. The predicted molar refractivity (Wildman–Crippen MR) is 88.4 cm³/mol. The van der Waals surface area contributed by atoms with Gasteiger partial charge in [-0.2, -0.15) is 13.2 Å². The molecule has 0 unspecified atom stereocenters. The van der Waals surface area contributed by atoms with E-state index in [-0.39, 0.29) is 5.75 Å². The van der Waals surface area contributed by atoms with E-state index in [1.807, 2.05) is 5.32 Å². The van der Waals surface area contributed by atoms with Crippen LogP contribution in [-0.2, 0) is 17.6 Å². The zero-order valence-electron chi connectivity index (χ0n) is 12.9. The smallest absolute Gasteiger partial charge is 0.346 e. The van der Waals surface area contributed by atoms with E-state index in [1.165, 1.54) is 16.8 Å². The van der Waals surface area contributed by atoms with Crippen LogP contribution in [0.1, 0.15) is 23.8 Å². The SMILES string of the molecule is C[C@H]1CCc2c(sc3ncnc(SCC(=O)NCC(F)(F)F)c23)C1. The number of aromatic nitrogens is 2. The van der Waals surface area contributed by atoms with Crippen molar-refractivity contribution in [3.63, 3.8) is 0 Å². The van der Waals surface area contributed by atoms with Crippen molar-refractivity contribution in [1.82, 2.24) is 15.3 Å². The van der Waals surface area contributed by atoms with Crippen LogP contribution in [0.5, 0.6) is 0 Å². The van der Waals surface area contributed by atoms with Crippen LogP contribution in [0.2, 0.25) is 0 Å². The van der Waals surface area contributed by atoms with Crippen LogP contribution in [0.25, 0.3) is 10.2 Å². The summed E-state index contributed by atoms with van der Waals surface area (Å²) in [6.07, 6.45) is 0.128. The van der Waals surface area contributed by atoms with E-state index >= 15 is 0 Å². The lowest BCUT2D eigenvalue weighted by atomic mass is 9.89. The number of hydrogen-bond donors (Lipinski definition) is 1. The number of amides is 1. The molecule has 2 heterocycles. The van der Waals surface area contributed by atoms with Crippen molar-refractivity contribution in [2.24, 2.45) is 5.92 Å². The summed E-state index contributed by atoms with van der Waals surface area (Å²) in [6.45, 7) is 0.914. The van der Waals surface area contributed by atoms with Crippen LogP contribution in [0.4, 0.5) is 13.2 Å². The van der Waals surface area contributed by atoms with Crippen molar-refractivity contribution in [2.75, 3.05) is 12.3 Å². The summed E-state index contributed by atoms with van der Waals surface area (Å²) in [5, 5.41) is 3.52. The number of thioether (sulfide) groups is 1. The Balaban J connectivity index is 1.74. The Kier molecular flexibility index (Phi) is 5.00. The molecule has 0 saturated heterocycles. The van der Waals surface area contributed by atoms with Gasteiger partial charge in [-0.3, -0.25) is 4.79 Å². The van der Waals surface area contributed by atoms with E-state index in [1.54, 1.807) is 11.3 Å². The van der Waals surface area contributed by atoms with Gasteiger partial charge in [-0.15, -0.1) is 11.3 Å². The number of carbonyl (C=O) groups is 1. The van der Waals surface area contributed by atoms with Crippen molar-refractivity contribution in [1.29, 1.82) is 0 Å². The van der Waals surface area contributed by atoms with Crippen molar-refractivity contribution < 1.29 is 18.0 Å². The normalized spacial score (nSPS) is 17.8. The van der Waals surface area contributed by atoms with E-state index in [2.05, 4.69) is 16.9 Å². The number of aryl methyl sites for hydroxylation is 1. The van der Waals surface area contributed by atoms with Gasteiger partial charge in [0.15, 0.2) is 0 Å². The molecule has 0 radical (unpaired) electrons. The Morgan fingerprint density at radius 3 is 3.00 bits per heavy atom. The molecule has 4 nitrogen and oxygen atoms in total. The molecule has 0 saturated carbocycles. The molecule has 9 heteroatoms. The van der Waals surface area contributed by atoms with Crippen LogP contribution in [0.15, 0.2) is 11.4 Å². The van der Waals surface area contributed by atoms with E-state index in [9.17, 15) is 18.0 Å². The number of alkyl halides is 3. The van der Waals surface area contributed by atoms with Crippen molar-refractivity contribution >= 4 is 39.2 Å². The van der Waals surface area contributed by atoms with Gasteiger partial charge >= 0.3 is 6.18 Å². The maximum absolute atomic E-state index is 12.1. The molecule has 2 aromatic rings. The summed E-state index contributed by atoms with van der Waals surface area (Å²) < 4.78 is 36.4. The highest BCUT2D eigenvalue weighted by atomic mass is 32.2. The van der Waals surface area contributed by atoms with E-state index in [0.29, 0.717) is 10.9 Å². The first-order chi connectivity index (χ1) is 11.3. The maximum Gasteiger partial charge on any atom is 0.405 e. The molecule has 3 rings (SSSR count). The van der Waals surface area contributed by atoms with Crippen molar-refractivity contribution in [3.05, 3.63) is 16.8 Å². The highest BCUT2D eigenvalue weighted by Crippen LogP contribution is 2.40. The molecular weight excluding hydrogens is 359 g/mol. The number of carbonyl (C=O) groups excluding carboxylic acids is 1. The number of hydrogen-bond acceptors (Lipinski definition) is 5. The van der Waals surface area contributed by atoms with Crippen molar-refractivity contribution in [2.45, 2.75) is 37.4 Å². The fraction of sp³-hybridized carbons (Fsp3) is 0.533. The lowest BCUT2D eigenvalue weighted by molar-refractivity contribution is -0.136. The molecule has 2 aromatic heterocycles. The van der Waals surface area contributed by atoms with Gasteiger partial charge in [-0.05, 0) is 30.7 Å². The zero-order chi connectivity index (χ0) is 17.3. The molecule has 0 aromatic carbocycles. The third-order valence-corrected chi connectivity index (χ3v) is 6.03.